The molecular formula is C21H24N4O5S3. The van der Waals surface area contributed by atoms with Gasteiger partial charge in [0.2, 0.25) is 15.9 Å². The zero-order valence-electron chi connectivity index (χ0n) is 18.2. The standard InChI is InChI=1S/C21H24N4O5S3/c1-14(2)25-16-6-5-15(12-18(16)32-21(25)28)33(29,30)24-9-7-23(8-10-24)19(26)13-22-20(27)17-4-3-11-31-17/h3-6,11-12,14H,7-10,13H2,1-2H3,(H,22,27). The molecule has 0 unspecified atom stereocenters. The van der Waals surface area contributed by atoms with E-state index in [1.54, 1.807) is 39.1 Å². The predicted octanol–water partition coefficient (Wildman–Crippen LogP) is 1.97. The number of thiophene rings is 1. The van der Waals surface area contributed by atoms with Gasteiger partial charge in [0.25, 0.3) is 5.91 Å². The largest absolute Gasteiger partial charge is 0.342 e. The number of nitrogens with zero attached hydrogens (tertiary/aromatic N) is 3. The number of hydrogen-bond donors (Lipinski definition) is 1. The summed E-state index contributed by atoms with van der Waals surface area (Å²) in [6, 6.07) is 8.18. The molecule has 9 nitrogen and oxygen atoms in total. The van der Waals surface area contributed by atoms with Crippen molar-refractivity contribution in [2.75, 3.05) is 32.7 Å². The van der Waals surface area contributed by atoms with E-state index in [9.17, 15) is 22.8 Å². The first kappa shape index (κ1) is 23.6. The van der Waals surface area contributed by atoms with Crippen LogP contribution in [0.4, 0.5) is 0 Å². The maximum Gasteiger partial charge on any atom is 0.308 e. The van der Waals surface area contributed by atoms with Gasteiger partial charge in [-0.05, 0) is 43.5 Å². The molecule has 3 aromatic rings. The van der Waals surface area contributed by atoms with Crippen molar-refractivity contribution in [2.24, 2.45) is 0 Å². The van der Waals surface area contributed by atoms with Gasteiger partial charge >= 0.3 is 4.87 Å². The summed E-state index contributed by atoms with van der Waals surface area (Å²) in [5.74, 6) is -0.554. The Morgan fingerprint density at radius 1 is 1.12 bits per heavy atom. The van der Waals surface area contributed by atoms with Crippen LogP contribution in [0.15, 0.2) is 45.4 Å². The first-order valence-corrected chi connectivity index (χ1v) is 13.6. The maximum atomic E-state index is 13.2. The van der Waals surface area contributed by atoms with Crippen molar-refractivity contribution in [1.82, 2.24) is 19.1 Å². The van der Waals surface area contributed by atoms with Crippen LogP contribution < -0.4 is 10.2 Å². The minimum atomic E-state index is -3.76. The molecule has 0 atom stereocenters. The van der Waals surface area contributed by atoms with Gasteiger partial charge in [-0.1, -0.05) is 17.4 Å². The Balaban J connectivity index is 1.40. The number of carbonyl (C=O) groups excluding carboxylic acids is 2. The maximum absolute atomic E-state index is 13.2. The van der Waals surface area contributed by atoms with Crippen molar-refractivity contribution in [3.8, 4) is 0 Å². The average molecular weight is 509 g/mol. The van der Waals surface area contributed by atoms with Crippen molar-refractivity contribution >= 4 is 54.7 Å². The number of piperazine rings is 1. The molecular weight excluding hydrogens is 484 g/mol. The number of fused-ring (bicyclic) bond motifs is 1. The van der Waals surface area contributed by atoms with E-state index >= 15 is 0 Å². The molecule has 176 valence electrons. The van der Waals surface area contributed by atoms with Gasteiger partial charge in [0, 0.05) is 32.2 Å². The second kappa shape index (κ2) is 9.37. The number of amides is 2. The van der Waals surface area contributed by atoms with E-state index in [0.717, 1.165) is 16.9 Å². The Bertz CT molecular complexity index is 1330. The Hall–Kier alpha value is -2.54. The fourth-order valence-electron chi connectivity index (χ4n) is 3.76. The van der Waals surface area contributed by atoms with Crippen molar-refractivity contribution in [1.29, 1.82) is 0 Å². The molecule has 3 heterocycles. The summed E-state index contributed by atoms with van der Waals surface area (Å²) in [6.07, 6.45) is 0. The lowest BCUT2D eigenvalue weighted by Crippen LogP contribution is -2.52. The van der Waals surface area contributed by atoms with Crippen LogP contribution in [0.2, 0.25) is 0 Å². The van der Waals surface area contributed by atoms with Gasteiger partial charge in [-0.15, -0.1) is 11.3 Å². The third-order valence-corrected chi connectivity index (χ3v) is 9.16. The fourth-order valence-corrected chi connectivity index (χ4v) is 6.97. The minimum Gasteiger partial charge on any atom is -0.342 e. The summed E-state index contributed by atoms with van der Waals surface area (Å²) in [5.41, 5.74) is 0.721. The number of hydrogen-bond acceptors (Lipinski definition) is 7. The summed E-state index contributed by atoms with van der Waals surface area (Å²) in [7, 11) is -3.76. The summed E-state index contributed by atoms with van der Waals surface area (Å²) in [6.45, 7) is 4.49. The second-order valence-electron chi connectivity index (χ2n) is 7.91. The van der Waals surface area contributed by atoms with Crippen LogP contribution >= 0.6 is 22.7 Å². The lowest BCUT2D eigenvalue weighted by atomic mass is 10.3. The number of rotatable bonds is 6. The Labute approximate surface area is 199 Å². The lowest BCUT2D eigenvalue weighted by molar-refractivity contribution is -0.131. The number of sulfonamides is 1. The van der Waals surface area contributed by atoms with E-state index in [-0.39, 0.29) is 60.3 Å². The molecule has 1 saturated heterocycles. The quantitative estimate of drug-likeness (QED) is 0.548. The molecule has 4 rings (SSSR count). The molecule has 0 bridgehead atoms. The topological polar surface area (TPSA) is 109 Å². The van der Waals surface area contributed by atoms with Crippen LogP contribution in [-0.4, -0.2) is 66.7 Å². The summed E-state index contributed by atoms with van der Waals surface area (Å²) in [5, 5.41) is 4.39. The Morgan fingerprint density at radius 3 is 2.48 bits per heavy atom. The first-order valence-electron chi connectivity index (χ1n) is 10.4. The van der Waals surface area contributed by atoms with Gasteiger partial charge in [-0.2, -0.15) is 4.31 Å². The zero-order valence-corrected chi connectivity index (χ0v) is 20.6. The Kier molecular flexibility index (Phi) is 6.71. The minimum absolute atomic E-state index is 0.0191. The molecule has 12 heteroatoms. The van der Waals surface area contributed by atoms with E-state index in [1.807, 2.05) is 13.8 Å². The zero-order chi connectivity index (χ0) is 23.8. The normalized spacial score (nSPS) is 15.3. The van der Waals surface area contributed by atoms with Crippen LogP contribution in [0.1, 0.15) is 29.6 Å². The van der Waals surface area contributed by atoms with Crippen molar-refractivity contribution in [3.05, 3.63) is 50.3 Å². The van der Waals surface area contributed by atoms with E-state index in [1.165, 1.54) is 21.7 Å². The van der Waals surface area contributed by atoms with Gasteiger partial charge in [-0.3, -0.25) is 19.0 Å². The highest BCUT2D eigenvalue weighted by molar-refractivity contribution is 7.89. The molecule has 0 radical (unpaired) electrons. The first-order chi connectivity index (χ1) is 15.7. The fraction of sp³-hybridized carbons (Fsp3) is 0.381. The van der Waals surface area contributed by atoms with E-state index in [0.29, 0.717) is 9.58 Å². The molecule has 1 aromatic carbocycles. The molecule has 1 fully saturated rings. The van der Waals surface area contributed by atoms with Crippen molar-refractivity contribution in [3.63, 3.8) is 0 Å². The van der Waals surface area contributed by atoms with Crippen LogP contribution in [0.5, 0.6) is 0 Å². The number of carbonyl (C=O) groups is 2. The highest BCUT2D eigenvalue weighted by atomic mass is 32.2. The molecule has 1 N–H and O–H groups in total. The molecule has 2 amide bonds. The number of nitrogens with one attached hydrogen (secondary N) is 1. The summed E-state index contributed by atoms with van der Waals surface area (Å²) in [4.78, 5) is 38.8. The van der Waals surface area contributed by atoms with E-state index in [4.69, 9.17) is 0 Å². The SMILES string of the molecule is CC(C)n1c(=O)sc2cc(S(=O)(=O)N3CCN(C(=O)CNC(=O)c4cccs4)CC3)ccc21. The number of aromatic nitrogens is 1. The van der Waals surface area contributed by atoms with Crippen molar-refractivity contribution in [2.45, 2.75) is 24.8 Å². The molecule has 2 aromatic heterocycles. The summed E-state index contributed by atoms with van der Waals surface area (Å²) >= 11 is 2.33. The molecule has 0 saturated carbocycles. The van der Waals surface area contributed by atoms with Gasteiger partial charge in [-0.25, -0.2) is 8.42 Å². The van der Waals surface area contributed by atoms with Crippen LogP contribution in [0.25, 0.3) is 10.2 Å². The van der Waals surface area contributed by atoms with Gasteiger partial charge in [0.15, 0.2) is 0 Å². The smallest absolute Gasteiger partial charge is 0.308 e. The van der Waals surface area contributed by atoms with Crippen LogP contribution in [-0.2, 0) is 14.8 Å². The predicted molar refractivity (Wildman–Crippen MR) is 128 cm³/mol. The highest BCUT2D eigenvalue weighted by Crippen LogP contribution is 2.26. The number of benzene rings is 1. The van der Waals surface area contributed by atoms with Gasteiger partial charge < -0.3 is 10.2 Å². The molecule has 1 aliphatic heterocycles. The third-order valence-electron chi connectivity index (χ3n) is 5.48. The third kappa shape index (κ3) is 4.74. The van der Waals surface area contributed by atoms with Crippen LogP contribution in [0.3, 0.4) is 0 Å². The van der Waals surface area contributed by atoms with E-state index in [2.05, 4.69) is 5.32 Å². The molecule has 0 aliphatic carbocycles. The van der Waals surface area contributed by atoms with Crippen molar-refractivity contribution < 1.29 is 18.0 Å². The van der Waals surface area contributed by atoms with Gasteiger partial charge in [0.1, 0.15) is 0 Å². The van der Waals surface area contributed by atoms with Gasteiger partial charge in [0.05, 0.1) is 26.5 Å². The van der Waals surface area contributed by atoms with Crippen LogP contribution in [0, 0.1) is 0 Å². The lowest BCUT2D eigenvalue weighted by Gasteiger charge is -2.34. The average Bonchev–Trinajstić information content (AvgIpc) is 3.44. The Morgan fingerprint density at radius 2 is 1.85 bits per heavy atom. The monoisotopic (exact) mass is 508 g/mol. The highest BCUT2D eigenvalue weighted by Gasteiger charge is 2.30. The van der Waals surface area contributed by atoms with E-state index < -0.39 is 10.0 Å². The number of thiazole rings is 1. The molecule has 1 aliphatic rings. The second-order valence-corrected chi connectivity index (χ2v) is 11.8. The summed E-state index contributed by atoms with van der Waals surface area (Å²) < 4.78 is 30.0. The molecule has 0 spiro atoms. The molecule has 33 heavy (non-hydrogen) atoms.